The van der Waals surface area contributed by atoms with Gasteiger partial charge in [0.05, 0.1) is 27.4 Å². The Kier molecular flexibility index (Phi) is 9.02. The van der Waals surface area contributed by atoms with Crippen molar-refractivity contribution < 1.29 is 4.79 Å². The van der Waals surface area contributed by atoms with E-state index in [4.69, 9.17) is 28.2 Å². The van der Waals surface area contributed by atoms with Crippen molar-refractivity contribution in [3.05, 3.63) is 113 Å². The maximum atomic E-state index is 13.5. The molecule has 10 heteroatoms. The Balaban J connectivity index is 1.07. The van der Waals surface area contributed by atoms with E-state index >= 15 is 0 Å². The van der Waals surface area contributed by atoms with Crippen molar-refractivity contribution in [1.82, 2.24) is 28.9 Å². The van der Waals surface area contributed by atoms with Crippen LogP contribution in [0.2, 0.25) is 10.0 Å². The van der Waals surface area contributed by atoms with Crippen LogP contribution in [0, 0.1) is 0 Å². The fourth-order valence-corrected chi connectivity index (χ4v) is 7.44. The van der Waals surface area contributed by atoms with Crippen molar-refractivity contribution in [2.45, 2.75) is 37.8 Å². The number of fused-ring (bicyclic) bond motifs is 1. The lowest BCUT2D eigenvalue weighted by molar-refractivity contribution is 0.0781. The Morgan fingerprint density at radius 3 is 2.52 bits per heavy atom. The van der Waals surface area contributed by atoms with Gasteiger partial charge in [-0.25, -0.2) is 9.97 Å². The fraction of sp³-hybridized carbons (Fsp3) is 0.361. The standard InChI is InChI=1S/C36H39Cl2N7O/c37-30-12-11-29(25-31(30)38)36(14-19-44(26-36)34(46)28-7-2-1-3-8-28)13-18-41-16-6-17-43(23-21-41)35-40-32-9-4-5-10-33(32)45(35)24-22-42-20-15-39-27-42/h1-5,7-12,15,20,25,27H,6,13-14,16-19,21-24,26H2. The van der Waals surface area contributed by atoms with Gasteiger partial charge in [-0.3, -0.25) is 4.79 Å². The molecule has 3 aromatic carbocycles. The highest BCUT2D eigenvalue weighted by Gasteiger charge is 2.42. The first-order chi connectivity index (χ1) is 22.5. The van der Waals surface area contributed by atoms with E-state index in [1.165, 1.54) is 0 Å². The molecule has 46 heavy (non-hydrogen) atoms. The number of amides is 1. The zero-order valence-corrected chi connectivity index (χ0v) is 27.5. The minimum absolute atomic E-state index is 0.0869. The lowest BCUT2D eigenvalue weighted by Gasteiger charge is -2.33. The molecule has 0 N–H and O–H groups in total. The third-order valence-electron chi connectivity index (χ3n) is 9.75. The van der Waals surface area contributed by atoms with Gasteiger partial charge in [0.15, 0.2) is 0 Å². The highest BCUT2D eigenvalue weighted by molar-refractivity contribution is 6.42. The van der Waals surface area contributed by atoms with Crippen molar-refractivity contribution in [1.29, 1.82) is 0 Å². The normalized spacial score (nSPS) is 19.2. The number of anilines is 1. The number of nitrogens with zero attached hydrogens (tertiary/aromatic N) is 7. The molecule has 2 aliphatic rings. The van der Waals surface area contributed by atoms with Crippen LogP contribution in [0.5, 0.6) is 0 Å². The van der Waals surface area contributed by atoms with Crippen molar-refractivity contribution in [2.24, 2.45) is 0 Å². The van der Waals surface area contributed by atoms with Gasteiger partial charge in [0.25, 0.3) is 5.91 Å². The molecular weight excluding hydrogens is 617 g/mol. The summed E-state index contributed by atoms with van der Waals surface area (Å²) in [5.41, 5.74) is 3.90. The number of rotatable bonds is 9. The highest BCUT2D eigenvalue weighted by atomic mass is 35.5. The van der Waals surface area contributed by atoms with E-state index in [1.54, 1.807) is 0 Å². The van der Waals surface area contributed by atoms with Gasteiger partial charge < -0.3 is 23.8 Å². The van der Waals surface area contributed by atoms with Crippen LogP contribution in [0.15, 0.2) is 91.5 Å². The molecule has 5 aromatic rings. The van der Waals surface area contributed by atoms with E-state index in [1.807, 2.05) is 66.1 Å². The van der Waals surface area contributed by atoms with Crippen molar-refractivity contribution >= 4 is 46.1 Å². The van der Waals surface area contributed by atoms with Gasteiger partial charge in [-0.15, -0.1) is 0 Å². The van der Waals surface area contributed by atoms with Gasteiger partial charge in [-0.05, 0) is 74.3 Å². The van der Waals surface area contributed by atoms with E-state index < -0.39 is 0 Å². The fourth-order valence-electron chi connectivity index (χ4n) is 7.14. The number of aryl methyl sites for hydroxylation is 2. The molecular formula is C36H39Cl2N7O. The summed E-state index contributed by atoms with van der Waals surface area (Å²) in [6, 6.07) is 24.0. The topological polar surface area (TPSA) is 62.4 Å². The summed E-state index contributed by atoms with van der Waals surface area (Å²) < 4.78 is 4.48. The molecule has 1 unspecified atom stereocenters. The molecule has 0 radical (unpaired) electrons. The Bertz CT molecular complexity index is 1790. The molecule has 1 amide bonds. The van der Waals surface area contributed by atoms with Crippen LogP contribution in [0.4, 0.5) is 5.95 Å². The molecule has 8 nitrogen and oxygen atoms in total. The summed E-state index contributed by atoms with van der Waals surface area (Å²) in [6.07, 6.45) is 8.59. The maximum Gasteiger partial charge on any atom is 0.253 e. The smallest absolute Gasteiger partial charge is 0.253 e. The van der Waals surface area contributed by atoms with Gasteiger partial charge in [0, 0.05) is 69.2 Å². The van der Waals surface area contributed by atoms with Crippen LogP contribution in [-0.2, 0) is 18.5 Å². The van der Waals surface area contributed by atoms with Gasteiger partial charge in [-0.1, -0.05) is 59.6 Å². The van der Waals surface area contributed by atoms with E-state index in [9.17, 15) is 4.79 Å². The second-order valence-electron chi connectivity index (χ2n) is 12.5. The van der Waals surface area contributed by atoms with Crippen LogP contribution in [0.3, 0.4) is 0 Å². The first-order valence-electron chi connectivity index (χ1n) is 16.2. The monoisotopic (exact) mass is 655 g/mol. The molecule has 0 aliphatic carbocycles. The van der Waals surface area contributed by atoms with Crippen LogP contribution in [0.25, 0.3) is 11.0 Å². The van der Waals surface area contributed by atoms with Crippen LogP contribution in [0.1, 0.15) is 35.2 Å². The summed E-state index contributed by atoms with van der Waals surface area (Å²) in [7, 11) is 0. The molecule has 4 heterocycles. The zero-order chi connectivity index (χ0) is 31.5. The van der Waals surface area contributed by atoms with Gasteiger partial charge in [0.2, 0.25) is 5.95 Å². The summed E-state index contributed by atoms with van der Waals surface area (Å²) in [6.45, 7) is 7.85. The average Bonchev–Trinajstić information content (AvgIpc) is 3.81. The number of halogens is 2. The molecule has 2 fully saturated rings. The summed E-state index contributed by atoms with van der Waals surface area (Å²) in [5.74, 6) is 1.13. The second kappa shape index (κ2) is 13.5. The zero-order valence-electron chi connectivity index (χ0n) is 25.9. The Hall–Kier alpha value is -3.85. The lowest BCUT2D eigenvalue weighted by atomic mass is 9.76. The van der Waals surface area contributed by atoms with Crippen molar-refractivity contribution in [2.75, 3.05) is 50.7 Å². The number of carbonyl (C=O) groups excluding carboxylic acids is 1. The first-order valence-corrected chi connectivity index (χ1v) is 16.9. The van der Waals surface area contributed by atoms with Crippen LogP contribution < -0.4 is 4.90 Å². The van der Waals surface area contributed by atoms with Crippen molar-refractivity contribution in [3.63, 3.8) is 0 Å². The largest absolute Gasteiger partial charge is 0.341 e. The second-order valence-corrected chi connectivity index (χ2v) is 13.4. The Morgan fingerprint density at radius 2 is 1.70 bits per heavy atom. The molecule has 0 spiro atoms. The average molecular weight is 657 g/mol. The first kappa shape index (κ1) is 30.8. The van der Waals surface area contributed by atoms with Crippen LogP contribution >= 0.6 is 23.2 Å². The maximum absolute atomic E-state index is 13.5. The van der Waals surface area contributed by atoms with E-state index in [0.29, 0.717) is 16.6 Å². The summed E-state index contributed by atoms with van der Waals surface area (Å²) >= 11 is 12.9. The Labute approximate surface area is 280 Å². The predicted octanol–water partition coefficient (Wildman–Crippen LogP) is 6.63. The summed E-state index contributed by atoms with van der Waals surface area (Å²) in [4.78, 5) is 29.8. The van der Waals surface area contributed by atoms with E-state index in [-0.39, 0.29) is 11.3 Å². The minimum Gasteiger partial charge on any atom is -0.341 e. The Morgan fingerprint density at radius 1 is 0.848 bits per heavy atom. The SMILES string of the molecule is O=C(c1ccccc1)N1CCC(CCN2CCCN(c3nc4ccccc4n3CCn3ccnc3)CC2)(c2ccc(Cl)c(Cl)c2)C1. The minimum atomic E-state index is -0.189. The quantitative estimate of drug-likeness (QED) is 0.178. The third-order valence-corrected chi connectivity index (χ3v) is 10.5. The number of carbonyl (C=O) groups is 1. The highest BCUT2D eigenvalue weighted by Crippen LogP contribution is 2.41. The summed E-state index contributed by atoms with van der Waals surface area (Å²) in [5, 5.41) is 1.12. The molecule has 0 saturated carbocycles. The number of para-hydroxylation sites is 2. The molecule has 7 rings (SSSR count). The molecule has 2 saturated heterocycles. The molecule has 1 atom stereocenters. The van der Waals surface area contributed by atoms with Gasteiger partial charge >= 0.3 is 0 Å². The number of likely N-dealkylation sites (tertiary alicyclic amines) is 1. The van der Waals surface area contributed by atoms with Gasteiger partial charge in [0.1, 0.15) is 0 Å². The predicted molar refractivity (Wildman–Crippen MR) is 185 cm³/mol. The lowest BCUT2D eigenvalue weighted by Crippen LogP contribution is -2.39. The molecule has 2 aliphatic heterocycles. The number of imidazole rings is 2. The van der Waals surface area contributed by atoms with E-state index in [0.717, 1.165) is 99.7 Å². The number of aromatic nitrogens is 4. The third kappa shape index (κ3) is 6.39. The molecule has 2 aromatic heterocycles. The van der Waals surface area contributed by atoms with Crippen molar-refractivity contribution in [3.8, 4) is 0 Å². The number of hydrogen-bond acceptors (Lipinski definition) is 5. The number of benzene rings is 3. The number of hydrogen-bond donors (Lipinski definition) is 0. The molecule has 0 bridgehead atoms. The van der Waals surface area contributed by atoms with Gasteiger partial charge in [-0.2, -0.15) is 0 Å². The van der Waals surface area contributed by atoms with E-state index in [2.05, 4.69) is 54.2 Å². The molecule has 238 valence electrons. The van der Waals surface area contributed by atoms with Crippen LogP contribution in [-0.4, -0.2) is 80.6 Å².